The van der Waals surface area contributed by atoms with E-state index in [1.54, 1.807) is 7.11 Å². The Morgan fingerprint density at radius 1 is 0.840 bits per heavy atom. The largest absolute Gasteiger partial charge is 0.494 e. The van der Waals surface area contributed by atoms with E-state index in [4.69, 9.17) is 9.47 Å². The van der Waals surface area contributed by atoms with Crippen molar-refractivity contribution in [1.82, 2.24) is 0 Å². The van der Waals surface area contributed by atoms with E-state index >= 15 is 0 Å². The third-order valence-electron chi connectivity index (χ3n) is 3.40. The molecule has 0 aliphatic carbocycles. The molecule has 0 fully saturated rings. The van der Waals surface area contributed by atoms with Crippen molar-refractivity contribution in [3.63, 3.8) is 0 Å². The van der Waals surface area contributed by atoms with E-state index in [0.717, 1.165) is 37.4 Å². The Morgan fingerprint density at radius 3 is 2.04 bits per heavy atom. The van der Waals surface area contributed by atoms with Crippen molar-refractivity contribution in [2.45, 2.75) is 0 Å². The van der Waals surface area contributed by atoms with Gasteiger partial charge < -0.3 is 9.47 Å². The molecule has 3 nitrogen and oxygen atoms in total. The molecule has 0 N–H and O–H groups in total. The Bertz CT molecular complexity index is 855. The van der Waals surface area contributed by atoms with Gasteiger partial charge in [0, 0.05) is 6.21 Å². The van der Waals surface area contributed by atoms with Crippen LogP contribution >= 0.6 is 31.9 Å². The molecule has 0 heterocycles. The molecule has 3 aromatic carbocycles. The summed E-state index contributed by atoms with van der Waals surface area (Å²) in [4.78, 5) is 4.50. The van der Waals surface area contributed by atoms with Gasteiger partial charge in [-0.3, -0.25) is 4.99 Å². The standard InChI is InChI=1S/C20H15Br2NO2/c1-24-20-18(21)11-14(12-19(20)22)13-23-15-7-9-17(10-8-15)25-16-5-3-2-4-6-16/h2-13H,1H3. The van der Waals surface area contributed by atoms with Crippen molar-refractivity contribution in [3.8, 4) is 17.2 Å². The van der Waals surface area contributed by atoms with Crippen molar-refractivity contribution in [1.29, 1.82) is 0 Å². The highest BCUT2D eigenvalue weighted by Crippen LogP contribution is 2.34. The van der Waals surface area contributed by atoms with E-state index in [-0.39, 0.29) is 0 Å². The van der Waals surface area contributed by atoms with Gasteiger partial charge in [-0.2, -0.15) is 0 Å². The number of aliphatic imine (C=N–C) groups is 1. The molecule has 0 saturated carbocycles. The fraction of sp³-hybridized carbons (Fsp3) is 0.0500. The molecular weight excluding hydrogens is 446 g/mol. The van der Waals surface area contributed by atoms with Gasteiger partial charge in [0.25, 0.3) is 0 Å². The summed E-state index contributed by atoms with van der Waals surface area (Å²) in [5, 5.41) is 0. The molecule has 0 aromatic heterocycles. The second-order valence-corrected chi connectivity index (χ2v) is 6.89. The Kier molecular flexibility index (Phi) is 5.89. The van der Waals surface area contributed by atoms with E-state index in [1.807, 2.05) is 72.9 Å². The minimum Gasteiger partial charge on any atom is -0.494 e. The third-order valence-corrected chi connectivity index (χ3v) is 4.58. The van der Waals surface area contributed by atoms with Crippen LogP contribution in [0.3, 0.4) is 0 Å². The molecule has 5 heteroatoms. The van der Waals surface area contributed by atoms with Crippen LogP contribution in [0.4, 0.5) is 5.69 Å². The Morgan fingerprint density at radius 2 is 1.44 bits per heavy atom. The normalized spacial score (nSPS) is 10.8. The van der Waals surface area contributed by atoms with Gasteiger partial charge in [-0.25, -0.2) is 0 Å². The highest BCUT2D eigenvalue weighted by atomic mass is 79.9. The lowest BCUT2D eigenvalue weighted by Gasteiger charge is -2.07. The van der Waals surface area contributed by atoms with Gasteiger partial charge in [-0.05, 0) is 86.0 Å². The molecule has 3 rings (SSSR count). The SMILES string of the molecule is COc1c(Br)cc(C=Nc2ccc(Oc3ccccc3)cc2)cc1Br. The first-order valence-corrected chi connectivity index (χ1v) is 9.14. The number of hydrogen-bond donors (Lipinski definition) is 0. The van der Waals surface area contributed by atoms with Crippen LogP contribution in [0.25, 0.3) is 0 Å². The van der Waals surface area contributed by atoms with Crippen LogP contribution in [0.15, 0.2) is 80.7 Å². The topological polar surface area (TPSA) is 30.8 Å². The quantitative estimate of drug-likeness (QED) is 0.393. The molecule has 0 spiro atoms. The van der Waals surface area contributed by atoms with Gasteiger partial charge in [0.1, 0.15) is 17.2 Å². The molecule has 0 radical (unpaired) electrons. The van der Waals surface area contributed by atoms with Gasteiger partial charge in [0.15, 0.2) is 0 Å². The number of ether oxygens (including phenoxy) is 2. The zero-order chi connectivity index (χ0) is 17.6. The fourth-order valence-corrected chi connectivity index (χ4v) is 3.77. The highest BCUT2D eigenvalue weighted by Gasteiger charge is 2.06. The minimum absolute atomic E-state index is 0.763. The number of hydrogen-bond acceptors (Lipinski definition) is 3. The zero-order valence-electron chi connectivity index (χ0n) is 13.4. The second kappa shape index (κ2) is 8.32. The molecule has 0 amide bonds. The predicted octanol–water partition coefficient (Wildman–Crippen LogP) is 6.76. The van der Waals surface area contributed by atoms with Gasteiger partial charge >= 0.3 is 0 Å². The fourth-order valence-electron chi connectivity index (χ4n) is 2.22. The first-order valence-electron chi connectivity index (χ1n) is 7.56. The summed E-state index contributed by atoms with van der Waals surface area (Å²) in [6, 6.07) is 21.2. The highest BCUT2D eigenvalue weighted by molar-refractivity contribution is 9.11. The van der Waals surface area contributed by atoms with Gasteiger partial charge in [-0.1, -0.05) is 18.2 Å². The van der Waals surface area contributed by atoms with E-state index in [1.165, 1.54) is 0 Å². The average molecular weight is 461 g/mol. The lowest BCUT2D eigenvalue weighted by Crippen LogP contribution is -1.89. The summed E-state index contributed by atoms with van der Waals surface area (Å²) in [5.74, 6) is 2.35. The molecule has 126 valence electrons. The smallest absolute Gasteiger partial charge is 0.147 e. The minimum atomic E-state index is 0.763. The van der Waals surface area contributed by atoms with Crippen molar-refractivity contribution in [2.75, 3.05) is 7.11 Å². The molecule has 0 atom stereocenters. The maximum Gasteiger partial charge on any atom is 0.147 e. The number of para-hydroxylation sites is 1. The number of nitrogens with zero attached hydrogens (tertiary/aromatic N) is 1. The molecule has 25 heavy (non-hydrogen) atoms. The number of rotatable bonds is 5. The molecule has 0 aliphatic heterocycles. The summed E-state index contributed by atoms with van der Waals surface area (Å²) in [6.45, 7) is 0. The summed E-state index contributed by atoms with van der Waals surface area (Å²) in [7, 11) is 1.64. The first-order chi connectivity index (χ1) is 12.2. The van der Waals surface area contributed by atoms with Crippen LogP contribution in [0.1, 0.15) is 5.56 Å². The monoisotopic (exact) mass is 459 g/mol. The van der Waals surface area contributed by atoms with Gasteiger partial charge in [0.2, 0.25) is 0 Å². The molecule has 0 unspecified atom stereocenters. The Balaban J connectivity index is 1.72. The lowest BCUT2D eigenvalue weighted by molar-refractivity contribution is 0.409. The summed E-state index contributed by atoms with van der Waals surface area (Å²) >= 11 is 6.98. The van der Waals surface area contributed by atoms with E-state index in [0.29, 0.717) is 0 Å². The molecule has 0 saturated heterocycles. The lowest BCUT2D eigenvalue weighted by atomic mass is 10.2. The van der Waals surface area contributed by atoms with Crippen molar-refractivity contribution in [2.24, 2.45) is 4.99 Å². The maximum absolute atomic E-state index is 5.77. The summed E-state index contributed by atoms with van der Waals surface area (Å²) < 4.78 is 12.8. The van der Waals surface area contributed by atoms with Crippen LogP contribution in [-0.4, -0.2) is 13.3 Å². The Labute approximate surface area is 163 Å². The van der Waals surface area contributed by atoms with Crippen LogP contribution < -0.4 is 9.47 Å². The molecular formula is C20H15Br2NO2. The van der Waals surface area contributed by atoms with Crippen molar-refractivity contribution < 1.29 is 9.47 Å². The van der Waals surface area contributed by atoms with Crippen LogP contribution in [0, 0.1) is 0 Å². The van der Waals surface area contributed by atoms with Gasteiger partial charge in [-0.15, -0.1) is 0 Å². The van der Waals surface area contributed by atoms with Crippen molar-refractivity contribution >= 4 is 43.8 Å². The summed E-state index contributed by atoms with van der Waals surface area (Å²) in [6.07, 6.45) is 1.81. The number of benzene rings is 3. The van der Waals surface area contributed by atoms with Crippen LogP contribution in [-0.2, 0) is 0 Å². The van der Waals surface area contributed by atoms with Crippen molar-refractivity contribution in [3.05, 3.63) is 81.2 Å². The maximum atomic E-state index is 5.77. The van der Waals surface area contributed by atoms with E-state index < -0.39 is 0 Å². The predicted molar refractivity (Wildman–Crippen MR) is 109 cm³/mol. The van der Waals surface area contributed by atoms with Crippen LogP contribution in [0.2, 0.25) is 0 Å². The molecule has 0 bridgehead atoms. The first kappa shape index (κ1) is 17.7. The molecule has 0 aliphatic rings. The summed E-state index contributed by atoms with van der Waals surface area (Å²) in [5.41, 5.74) is 1.81. The number of halogens is 2. The third kappa shape index (κ3) is 4.71. The van der Waals surface area contributed by atoms with E-state index in [2.05, 4.69) is 36.9 Å². The van der Waals surface area contributed by atoms with E-state index in [9.17, 15) is 0 Å². The Hall–Kier alpha value is -2.11. The zero-order valence-corrected chi connectivity index (χ0v) is 16.6. The second-order valence-electron chi connectivity index (χ2n) is 5.19. The van der Waals surface area contributed by atoms with Crippen LogP contribution in [0.5, 0.6) is 17.2 Å². The van der Waals surface area contributed by atoms with Gasteiger partial charge in [0.05, 0.1) is 21.7 Å². The molecule has 3 aromatic rings. The average Bonchev–Trinajstić information content (AvgIpc) is 2.62. The number of methoxy groups -OCH3 is 1.